The monoisotopic (exact) mass is 310 g/mol. The van der Waals surface area contributed by atoms with Crippen molar-refractivity contribution in [2.75, 3.05) is 5.32 Å². The van der Waals surface area contributed by atoms with Crippen molar-refractivity contribution in [2.24, 2.45) is 0 Å². The van der Waals surface area contributed by atoms with E-state index in [0.29, 0.717) is 15.8 Å². The van der Waals surface area contributed by atoms with Gasteiger partial charge in [0.15, 0.2) is 5.13 Å². The number of hydrogen-bond acceptors (Lipinski definition) is 4. The van der Waals surface area contributed by atoms with E-state index in [2.05, 4.69) is 10.3 Å². The number of aromatic nitrogens is 1. The Morgan fingerprint density at radius 1 is 1.45 bits per heavy atom. The molecule has 0 saturated carbocycles. The average Bonchev–Trinajstić information content (AvgIpc) is 2.83. The van der Waals surface area contributed by atoms with Crippen LogP contribution in [0.1, 0.15) is 25.1 Å². The molecule has 2 N–H and O–H groups in total. The zero-order valence-corrected chi connectivity index (χ0v) is 13.0. The number of carbonyl (C=O) groups is 1. The van der Waals surface area contributed by atoms with Crippen molar-refractivity contribution in [3.8, 4) is 0 Å². The normalized spacial score (nSPS) is 11.4. The number of thiazole rings is 1. The van der Waals surface area contributed by atoms with Gasteiger partial charge in [-0.2, -0.15) is 0 Å². The van der Waals surface area contributed by atoms with Gasteiger partial charge >= 0.3 is 5.97 Å². The number of carboxylic acid groups (broad SMARTS) is 1. The first kappa shape index (κ1) is 14.8. The Morgan fingerprint density at radius 3 is 2.80 bits per heavy atom. The Hall–Kier alpha value is -1.59. The summed E-state index contributed by atoms with van der Waals surface area (Å²) in [5.74, 6) is -0.900. The summed E-state index contributed by atoms with van der Waals surface area (Å²) < 4.78 is 0. The van der Waals surface area contributed by atoms with Gasteiger partial charge < -0.3 is 10.4 Å². The van der Waals surface area contributed by atoms with Gasteiger partial charge in [0.05, 0.1) is 16.4 Å². The molecule has 6 heteroatoms. The fraction of sp³-hybridized carbons (Fsp3) is 0.286. The topological polar surface area (TPSA) is 62.2 Å². The number of anilines is 2. The quantitative estimate of drug-likeness (QED) is 0.888. The van der Waals surface area contributed by atoms with E-state index in [0.717, 1.165) is 11.3 Å². The molecule has 0 unspecified atom stereocenters. The number of aliphatic carboxylic acids is 1. The molecule has 1 aromatic carbocycles. The van der Waals surface area contributed by atoms with Crippen molar-refractivity contribution in [1.82, 2.24) is 4.98 Å². The van der Waals surface area contributed by atoms with Crippen LogP contribution in [0.3, 0.4) is 0 Å². The number of halogens is 1. The number of rotatable bonds is 4. The maximum absolute atomic E-state index is 11.2. The Bertz CT molecular complexity index is 652. The molecule has 0 radical (unpaired) electrons. The van der Waals surface area contributed by atoms with Crippen LogP contribution in [0, 0.1) is 6.92 Å². The van der Waals surface area contributed by atoms with Crippen LogP contribution in [0.5, 0.6) is 0 Å². The van der Waals surface area contributed by atoms with Crippen LogP contribution >= 0.6 is 22.9 Å². The van der Waals surface area contributed by atoms with Gasteiger partial charge in [-0.3, -0.25) is 4.79 Å². The van der Waals surface area contributed by atoms with Gasteiger partial charge in [0, 0.05) is 5.38 Å². The van der Waals surface area contributed by atoms with Gasteiger partial charge in [-0.1, -0.05) is 17.7 Å². The van der Waals surface area contributed by atoms with Gasteiger partial charge in [0.25, 0.3) is 0 Å². The van der Waals surface area contributed by atoms with Crippen molar-refractivity contribution in [1.29, 1.82) is 0 Å². The fourth-order valence-corrected chi connectivity index (χ4v) is 2.63. The number of hydrogen-bond donors (Lipinski definition) is 2. The molecule has 0 spiro atoms. The molecule has 0 fully saturated rings. The molecule has 0 aliphatic heterocycles. The minimum atomic E-state index is -1.01. The molecule has 0 atom stereocenters. The van der Waals surface area contributed by atoms with E-state index in [1.165, 1.54) is 11.3 Å². The first-order valence-electron chi connectivity index (χ1n) is 6.03. The van der Waals surface area contributed by atoms with E-state index in [9.17, 15) is 9.90 Å². The van der Waals surface area contributed by atoms with Crippen molar-refractivity contribution >= 4 is 39.7 Å². The molecule has 0 amide bonds. The molecule has 0 aliphatic rings. The van der Waals surface area contributed by atoms with Gasteiger partial charge in [-0.25, -0.2) is 4.98 Å². The second-order valence-corrected chi connectivity index (χ2v) is 6.34. The zero-order chi connectivity index (χ0) is 14.9. The molecule has 2 rings (SSSR count). The summed E-state index contributed by atoms with van der Waals surface area (Å²) in [6.07, 6.45) is 0. The molecular formula is C14H15ClN2O2S. The summed E-state index contributed by atoms with van der Waals surface area (Å²) in [4.78, 5) is 15.5. The molecule has 1 aromatic heterocycles. The van der Waals surface area contributed by atoms with Gasteiger partial charge in [-0.15, -0.1) is 11.3 Å². The molecule has 0 bridgehead atoms. The van der Waals surface area contributed by atoms with Crippen molar-refractivity contribution < 1.29 is 9.90 Å². The highest BCUT2D eigenvalue weighted by Gasteiger charge is 2.32. The van der Waals surface area contributed by atoms with E-state index < -0.39 is 11.4 Å². The van der Waals surface area contributed by atoms with E-state index >= 15 is 0 Å². The summed E-state index contributed by atoms with van der Waals surface area (Å²) >= 11 is 7.47. The Labute approximate surface area is 126 Å². The van der Waals surface area contributed by atoms with Gasteiger partial charge in [0.1, 0.15) is 5.41 Å². The highest BCUT2D eigenvalue weighted by Crippen LogP contribution is 2.31. The molecule has 0 saturated heterocycles. The number of carboxylic acids is 1. The Balaban J connectivity index is 2.26. The van der Waals surface area contributed by atoms with E-state index in [-0.39, 0.29) is 0 Å². The van der Waals surface area contributed by atoms with Crippen LogP contribution < -0.4 is 5.32 Å². The van der Waals surface area contributed by atoms with Crippen LogP contribution in [-0.4, -0.2) is 16.1 Å². The second-order valence-electron chi connectivity index (χ2n) is 5.08. The number of aryl methyl sites for hydroxylation is 1. The fourth-order valence-electron chi connectivity index (χ4n) is 1.58. The predicted octanol–water partition coefficient (Wildman–Crippen LogP) is 4.21. The summed E-state index contributed by atoms with van der Waals surface area (Å²) in [6, 6.07) is 5.66. The first-order chi connectivity index (χ1) is 9.30. The number of benzene rings is 1. The summed E-state index contributed by atoms with van der Waals surface area (Å²) in [6.45, 7) is 5.24. The van der Waals surface area contributed by atoms with Crippen LogP contribution in [0.15, 0.2) is 23.6 Å². The van der Waals surface area contributed by atoms with Crippen LogP contribution in [0.25, 0.3) is 0 Å². The summed E-state index contributed by atoms with van der Waals surface area (Å²) in [5.41, 5.74) is 1.37. The van der Waals surface area contributed by atoms with Gasteiger partial charge in [-0.05, 0) is 38.5 Å². The predicted molar refractivity (Wildman–Crippen MR) is 82.2 cm³/mol. The van der Waals surface area contributed by atoms with E-state index in [1.807, 2.05) is 25.1 Å². The lowest BCUT2D eigenvalue weighted by molar-refractivity contribution is -0.142. The molecule has 106 valence electrons. The molecular weight excluding hydrogens is 296 g/mol. The smallest absolute Gasteiger partial charge is 0.315 e. The standard InChI is InChI=1S/C14H15ClN2O2S/c1-8-4-5-9(15)10(6-8)16-13-17-11(7-20-13)14(2,3)12(18)19/h4-7H,1-3H3,(H,16,17)(H,18,19). The molecule has 1 heterocycles. The maximum Gasteiger partial charge on any atom is 0.315 e. The van der Waals surface area contributed by atoms with E-state index in [1.54, 1.807) is 19.2 Å². The van der Waals surface area contributed by atoms with Crippen molar-refractivity contribution in [2.45, 2.75) is 26.2 Å². The highest BCUT2D eigenvalue weighted by atomic mass is 35.5. The second kappa shape index (κ2) is 5.42. The highest BCUT2D eigenvalue weighted by molar-refractivity contribution is 7.13. The Morgan fingerprint density at radius 2 is 2.15 bits per heavy atom. The minimum Gasteiger partial charge on any atom is -0.481 e. The van der Waals surface area contributed by atoms with E-state index in [4.69, 9.17) is 11.6 Å². The number of nitrogens with zero attached hydrogens (tertiary/aromatic N) is 1. The minimum absolute atomic E-state index is 0.529. The maximum atomic E-state index is 11.2. The summed E-state index contributed by atoms with van der Waals surface area (Å²) in [5, 5.41) is 15.3. The lowest BCUT2D eigenvalue weighted by Crippen LogP contribution is -2.28. The largest absolute Gasteiger partial charge is 0.481 e. The summed E-state index contributed by atoms with van der Waals surface area (Å²) in [7, 11) is 0. The SMILES string of the molecule is Cc1ccc(Cl)c(Nc2nc(C(C)(C)C(=O)O)cs2)c1. The third-order valence-electron chi connectivity index (χ3n) is 3.04. The van der Waals surface area contributed by atoms with Gasteiger partial charge in [0.2, 0.25) is 0 Å². The van der Waals surface area contributed by atoms with Crippen LogP contribution in [-0.2, 0) is 10.2 Å². The third-order valence-corrected chi connectivity index (χ3v) is 4.13. The van der Waals surface area contributed by atoms with Crippen molar-refractivity contribution in [3.63, 3.8) is 0 Å². The zero-order valence-electron chi connectivity index (χ0n) is 11.4. The number of nitrogens with one attached hydrogen (secondary N) is 1. The van der Waals surface area contributed by atoms with Crippen molar-refractivity contribution in [3.05, 3.63) is 39.9 Å². The Kier molecular flexibility index (Phi) is 4.01. The lowest BCUT2D eigenvalue weighted by Gasteiger charge is -2.15. The molecule has 2 aromatic rings. The molecule has 0 aliphatic carbocycles. The van der Waals surface area contributed by atoms with Crippen LogP contribution in [0.2, 0.25) is 5.02 Å². The molecule has 4 nitrogen and oxygen atoms in total. The van der Waals surface area contributed by atoms with Crippen LogP contribution in [0.4, 0.5) is 10.8 Å². The third kappa shape index (κ3) is 2.94. The molecule has 20 heavy (non-hydrogen) atoms. The first-order valence-corrected chi connectivity index (χ1v) is 7.29. The average molecular weight is 311 g/mol. The lowest BCUT2D eigenvalue weighted by atomic mass is 9.90.